The van der Waals surface area contributed by atoms with Gasteiger partial charge in [-0.2, -0.15) is 0 Å². The van der Waals surface area contributed by atoms with Gasteiger partial charge < -0.3 is 10.5 Å². The van der Waals surface area contributed by atoms with E-state index in [1.54, 1.807) is 19.2 Å². The third-order valence-corrected chi connectivity index (χ3v) is 4.88. The molecule has 3 N–H and O–H groups in total. The standard InChI is InChI=1S/C15H26N2O3S.ClH/c1-3-4-5-14(12-16)17-21(18,19)15-8-6-13(7-9-15)10-11-20-2;/h6-9,14,17H,3-5,10-12,16H2,1-2H3;1H. The Morgan fingerprint density at radius 2 is 1.91 bits per heavy atom. The van der Waals surface area contributed by atoms with Gasteiger partial charge in [-0.1, -0.05) is 31.9 Å². The minimum atomic E-state index is -3.50. The molecule has 0 aliphatic heterocycles. The lowest BCUT2D eigenvalue weighted by Crippen LogP contribution is -2.40. The van der Waals surface area contributed by atoms with E-state index in [4.69, 9.17) is 10.5 Å². The van der Waals surface area contributed by atoms with Gasteiger partial charge in [0, 0.05) is 19.7 Å². The summed E-state index contributed by atoms with van der Waals surface area (Å²) < 4.78 is 32.3. The molecule has 0 bridgehead atoms. The lowest BCUT2D eigenvalue weighted by Gasteiger charge is -2.16. The third-order valence-electron chi connectivity index (χ3n) is 3.34. The molecule has 1 rings (SSSR count). The number of nitrogens with one attached hydrogen (secondary N) is 1. The summed E-state index contributed by atoms with van der Waals surface area (Å²) in [6, 6.07) is 6.68. The summed E-state index contributed by atoms with van der Waals surface area (Å²) in [6.07, 6.45) is 3.51. The molecule has 0 amide bonds. The summed E-state index contributed by atoms with van der Waals surface area (Å²) >= 11 is 0. The normalized spacial score (nSPS) is 12.7. The highest BCUT2D eigenvalue weighted by atomic mass is 35.5. The molecule has 1 aromatic carbocycles. The van der Waals surface area contributed by atoms with Crippen LogP contribution >= 0.6 is 12.4 Å². The zero-order valence-corrected chi connectivity index (χ0v) is 14.9. The molecule has 0 aromatic heterocycles. The van der Waals surface area contributed by atoms with Crippen molar-refractivity contribution < 1.29 is 13.2 Å². The highest BCUT2D eigenvalue weighted by molar-refractivity contribution is 7.89. The molecule has 7 heteroatoms. The van der Waals surface area contributed by atoms with Gasteiger partial charge in [-0.25, -0.2) is 13.1 Å². The average Bonchev–Trinajstić information content (AvgIpc) is 2.49. The summed E-state index contributed by atoms with van der Waals surface area (Å²) in [7, 11) is -1.86. The van der Waals surface area contributed by atoms with E-state index < -0.39 is 10.0 Å². The van der Waals surface area contributed by atoms with Gasteiger partial charge in [0.25, 0.3) is 0 Å². The topological polar surface area (TPSA) is 81.4 Å². The van der Waals surface area contributed by atoms with Crippen LogP contribution in [0.15, 0.2) is 29.2 Å². The Morgan fingerprint density at radius 1 is 1.27 bits per heavy atom. The van der Waals surface area contributed by atoms with Gasteiger partial charge in [-0.15, -0.1) is 12.4 Å². The second kappa shape index (κ2) is 11.0. The number of unbranched alkanes of at least 4 members (excludes halogenated alkanes) is 1. The number of ether oxygens (including phenoxy) is 1. The van der Waals surface area contributed by atoms with Crippen LogP contribution in [0, 0.1) is 0 Å². The lowest BCUT2D eigenvalue weighted by atomic mass is 10.1. The number of hydrogen-bond acceptors (Lipinski definition) is 4. The van der Waals surface area contributed by atoms with Crippen LogP contribution in [0.2, 0.25) is 0 Å². The molecule has 0 radical (unpaired) electrons. The van der Waals surface area contributed by atoms with Gasteiger partial charge in [-0.3, -0.25) is 0 Å². The van der Waals surface area contributed by atoms with Gasteiger partial charge in [0.05, 0.1) is 11.5 Å². The van der Waals surface area contributed by atoms with Crippen molar-refractivity contribution in [3.63, 3.8) is 0 Å². The maximum absolute atomic E-state index is 12.3. The zero-order valence-electron chi connectivity index (χ0n) is 13.2. The van der Waals surface area contributed by atoms with Crippen molar-refractivity contribution in [1.29, 1.82) is 0 Å². The molecule has 0 fully saturated rings. The smallest absolute Gasteiger partial charge is 0.240 e. The monoisotopic (exact) mass is 350 g/mol. The highest BCUT2D eigenvalue weighted by Crippen LogP contribution is 2.12. The minimum Gasteiger partial charge on any atom is -0.384 e. The average molecular weight is 351 g/mol. The molecule has 0 heterocycles. The van der Waals surface area contributed by atoms with Crippen molar-refractivity contribution in [3.05, 3.63) is 29.8 Å². The van der Waals surface area contributed by atoms with E-state index in [2.05, 4.69) is 11.6 Å². The molecule has 22 heavy (non-hydrogen) atoms. The number of hydrogen-bond donors (Lipinski definition) is 2. The Hall–Kier alpha value is -0.660. The molecule has 5 nitrogen and oxygen atoms in total. The summed E-state index contributed by atoms with van der Waals surface area (Å²) in [6.45, 7) is 3.00. The van der Waals surface area contributed by atoms with Crippen LogP contribution in [-0.2, 0) is 21.2 Å². The van der Waals surface area contributed by atoms with E-state index in [0.29, 0.717) is 13.2 Å². The van der Waals surface area contributed by atoms with Crippen molar-refractivity contribution >= 4 is 22.4 Å². The molecular weight excluding hydrogens is 324 g/mol. The lowest BCUT2D eigenvalue weighted by molar-refractivity contribution is 0.202. The molecule has 0 spiro atoms. The number of rotatable bonds is 10. The van der Waals surface area contributed by atoms with Crippen LogP contribution < -0.4 is 10.5 Å². The molecule has 0 aliphatic carbocycles. The van der Waals surface area contributed by atoms with Gasteiger partial charge in [0.2, 0.25) is 10.0 Å². The Morgan fingerprint density at radius 3 is 2.41 bits per heavy atom. The number of methoxy groups -OCH3 is 1. The molecule has 1 unspecified atom stereocenters. The van der Waals surface area contributed by atoms with Gasteiger partial charge in [0.1, 0.15) is 0 Å². The number of benzene rings is 1. The zero-order chi connectivity index (χ0) is 15.7. The first-order valence-corrected chi connectivity index (χ1v) is 8.82. The van der Waals surface area contributed by atoms with Crippen molar-refractivity contribution in [2.24, 2.45) is 5.73 Å². The fourth-order valence-electron chi connectivity index (χ4n) is 2.02. The summed E-state index contributed by atoms with van der Waals surface area (Å²) in [4.78, 5) is 0.276. The fourth-order valence-corrected chi connectivity index (χ4v) is 3.30. The van der Waals surface area contributed by atoms with Crippen LogP contribution in [0.5, 0.6) is 0 Å². The Kier molecular flexibility index (Phi) is 10.6. The SMILES string of the molecule is CCCCC(CN)NS(=O)(=O)c1ccc(CCOC)cc1.Cl. The predicted octanol–water partition coefficient (Wildman–Crippen LogP) is 2.09. The largest absolute Gasteiger partial charge is 0.384 e. The Labute approximate surface area is 140 Å². The number of nitrogens with two attached hydrogens (primary N) is 1. The van der Waals surface area contributed by atoms with Crippen molar-refractivity contribution in [3.8, 4) is 0 Å². The van der Waals surface area contributed by atoms with Crippen molar-refractivity contribution in [2.75, 3.05) is 20.3 Å². The van der Waals surface area contributed by atoms with Crippen molar-refractivity contribution in [2.45, 2.75) is 43.5 Å². The number of sulfonamides is 1. The van der Waals surface area contributed by atoms with Crippen LogP contribution in [0.4, 0.5) is 0 Å². The third kappa shape index (κ3) is 7.07. The van der Waals surface area contributed by atoms with Gasteiger partial charge in [0.15, 0.2) is 0 Å². The predicted molar refractivity (Wildman–Crippen MR) is 92.0 cm³/mol. The summed E-state index contributed by atoms with van der Waals surface area (Å²) in [5.41, 5.74) is 6.69. The second-order valence-electron chi connectivity index (χ2n) is 5.08. The molecule has 0 aliphatic rings. The van der Waals surface area contributed by atoms with Crippen LogP contribution in [0.1, 0.15) is 31.7 Å². The van der Waals surface area contributed by atoms with Gasteiger partial charge in [-0.05, 0) is 30.5 Å². The van der Waals surface area contributed by atoms with E-state index in [1.165, 1.54) is 0 Å². The van der Waals surface area contributed by atoms with E-state index in [-0.39, 0.29) is 23.3 Å². The molecule has 0 saturated carbocycles. The van der Waals surface area contributed by atoms with Crippen LogP contribution in [-0.4, -0.2) is 34.7 Å². The Bertz CT molecular complexity index is 506. The maximum Gasteiger partial charge on any atom is 0.240 e. The molecular formula is C15H27ClN2O3S. The van der Waals surface area contributed by atoms with Gasteiger partial charge >= 0.3 is 0 Å². The quantitative estimate of drug-likeness (QED) is 0.677. The minimum absolute atomic E-state index is 0. The number of halogens is 1. The fraction of sp³-hybridized carbons (Fsp3) is 0.600. The second-order valence-corrected chi connectivity index (χ2v) is 6.80. The van der Waals surface area contributed by atoms with E-state index in [9.17, 15) is 8.42 Å². The first-order valence-electron chi connectivity index (χ1n) is 7.33. The molecule has 1 atom stereocenters. The van der Waals surface area contributed by atoms with E-state index in [1.807, 2.05) is 12.1 Å². The Balaban J connectivity index is 0.00000441. The molecule has 1 aromatic rings. The molecule has 0 saturated heterocycles. The first-order chi connectivity index (χ1) is 10.0. The molecule has 128 valence electrons. The maximum atomic E-state index is 12.3. The van der Waals surface area contributed by atoms with Crippen LogP contribution in [0.3, 0.4) is 0 Å². The summed E-state index contributed by atoms with van der Waals surface area (Å²) in [5, 5.41) is 0. The van der Waals surface area contributed by atoms with Crippen LogP contribution in [0.25, 0.3) is 0 Å². The first kappa shape index (κ1) is 21.3. The van der Waals surface area contributed by atoms with E-state index >= 15 is 0 Å². The summed E-state index contributed by atoms with van der Waals surface area (Å²) in [5.74, 6) is 0. The van der Waals surface area contributed by atoms with Crippen molar-refractivity contribution in [1.82, 2.24) is 4.72 Å². The van der Waals surface area contributed by atoms with E-state index in [0.717, 1.165) is 31.2 Å². The highest BCUT2D eigenvalue weighted by Gasteiger charge is 2.18.